The Bertz CT molecular complexity index is 617. The Balaban J connectivity index is 2.05. The van der Waals surface area contributed by atoms with Gasteiger partial charge in [-0.25, -0.2) is 9.78 Å². The lowest BCUT2D eigenvalue weighted by Crippen LogP contribution is -2.45. The second-order valence-corrected chi connectivity index (χ2v) is 4.57. The predicted octanol–water partition coefficient (Wildman–Crippen LogP) is -0.426. The number of hydrogen-bond donors (Lipinski definition) is 1. The van der Waals surface area contributed by atoms with E-state index in [0.29, 0.717) is 5.78 Å². The summed E-state index contributed by atoms with van der Waals surface area (Å²) in [6.07, 6.45) is 1.38. The van der Waals surface area contributed by atoms with Gasteiger partial charge in [0.25, 0.3) is 5.78 Å². The maximum Gasteiger partial charge on any atom is 0.354 e. The summed E-state index contributed by atoms with van der Waals surface area (Å²) in [4.78, 5) is 23.4. The maximum absolute atomic E-state index is 11.1. The molecular weight excluding hydrogens is 248 g/mol. The normalized spacial score (nSPS) is 17.0. The first-order valence-electron chi connectivity index (χ1n) is 6.03. The van der Waals surface area contributed by atoms with Crippen LogP contribution in [-0.2, 0) is 0 Å². The van der Waals surface area contributed by atoms with Gasteiger partial charge >= 0.3 is 5.97 Å². The number of nitrogens with zero attached hydrogens (tertiary/aromatic N) is 6. The molecule has 1 N–H and O–H groups in total. The largest absolute Gasteiger partial charge is 0.477 e. The molecule has 1 saturated heterocycles. The highest BCUT2D eigenvalue weighted by Crippen LogP contribution is 2.17. The van der Waals surface area contributed by atoms with Crippen molar-refractivity contribution in [2.24, 2.45) is 0 Å². The van der Waals surface area contributed by atoms with Gasteiger partial charge in [-0.2, -0.15) is 14.6 Å². The molecule has 0 radical (unpaired) electrons. The minimum atomic E-state index is -1.05. The second-order valence-electron chi connectivity index (χ2n) is 4.57. The Hall–Kier alpha value is -2.22. The van der Waals surface area contributed by atoms with E-state index in [0.717, 1.165) is 32.0 Å². The maximum atomic E-state index is 11.1. The summed E-state index contributed by atoms with van der Waals surface area (Å²) in [5.74, 6) is -0.0114. The van der Waals surface area contributed by atoms with E-state index in [4.69, 9.17) is 5.11 Å². The van der Waals surface area contributed by atoms with Gasteiger partial charge in [-0.05, 0) is 7.05 Å². The van der Waals surface area contributed by atoms with Crippen LogP contribution < -0.4 is 4.90 Å². The zero-order valence-corrected chi connectivity index (χ0v) is 10.5. The van der Waals surface area contributed by atoms with Crippen LogP contribution in [0.4, 0.5) is 5.82 Å². The summed E-state index contributed by atoms with van der Waals surface area (Å²) in [7, 11) is 2.07. The number of anilines is 1. The molecule has 0 saturated carbocycles. The number of hydrogen-bond acceptors (Lipinski definition) is 6. The zero-order chi connectivity index (χ0) is 13.4. The van der Waals surface area contributed by atoms with Crippen molar-refractivity contribution in [1.29, 1.82) is 0 Å². The third kappa shape index (κ3) is 2.10. The quantitative estimate of drug-likeness (QED) is 0.786. The molecule has 8 heteroatoms. The summed E-state index contributed by atoms with van der Waals surface area (Å²) in [6, 6.07) is 1.55. The van der Waals surface area contributed by atoms with E-state index in [2.05, 4.69) is 31.9 Å². The molecule has 1 aliphatic heterocycles. The Kier molecular flexibility index (Phi) is 2.79. The van der Waals surface area contributed by atoms with Crippen molar-refractivity contribution in [2.75, 3.05) is 38.1 Å². The standard InChI is InChI=1S/C11H14N6O2/c1-15-2-4-16(5-3-15)9-6-8(10(18)19)14-11-12-7-13-17(9)11/h6-7H,2-5H2,1H3,(H,18,19). The highest BCUT2D eigenvalue weighted by molar-refractivity contribution is 5.86. The Morgan fingerprint density at radius 1 is 1.32 bits per heavy atom. The number of likely N-dealkylation sites (N-methyl/N-ethyl adjacent to an activating group) is 1. The van der Waals surface area contributed by atoms with Crippen LogP contribution in [0, 0.1) is 0 Å². The Morgan fingerprint density at radius 3 is 2.74 bits per heavy atom. The number of piperazine rings is 1. The number of carbonyl (C=O) groups is 1. The lowest BCUT2D eigenvalue weighted by molar-refractivity contribution is 0.0690. The topological polar surface area (TPSA) is 86.9 Å². The lowest BCUT2D eigenvalue weighted by Gasteiger charge is -2.33. The third-order valence-electron chi connectivity index (χ3n) is 3.28. The van der Waals surface area contributed by atoms with Crippen LogP contribution >= 0.6 is 0 Å². The highest BCUT2D eigenvalue weighted by atomic mass is 16.4. The molecule has 19 heavy (non-hydrogen) atoms. The molecule has 2 aromatic rings. The number of carboxylic acids is 1. The summed E-state index contributed by atoms with van der Waals surface area (Å²) in [5, 5.41) is 13.2. The molecule has 0 aliphatic carbocycles. The van der Waals surface area contributed by atoms with Gasteiger partial charge in [0, 0.05) is 32.2 Å². The van der Waals surface area contributed by atoms with Crippen molar-refractivity contribution in [3.63, 3.8) is 0 Å². The first kappa shape index (κ1) is 11.8. The molecule has 100 valence electrons. The van der Waals surface area contributed by atoms with Crippen molar-refractivity contribution < 1.29 is 9.90 Å². The fourth-order valence-electron chi connectivity index (χ4n) is 2.17. The Labute approximate surface area is 109 Å². The molecule has 0 amide bonds. The minimum Gasteiger partial charge on any atom is -0.477 e. The second kappa shape index (κ2) is 4.47. The molecule has 8 nitrogen and oxygen atoms in total. The monoisotopic (exact) mass is 262 g/mol. The average molecular weight is 262 g/mol. The number of fused-ring (bicyclic) bond motifs is 1. The van der Waals surface area contributed by atoms with Crippen LogP contribution in [0.5, 0.6) is 0 Å². The van der Waals surface area contributed by atoms with Crippen molar-refractivity contribution in [1.82, 2.24) is 24.5 Å². The van der Waals surface area contributed by atoms with E-state index in [-0.39, 0.29) is 5.69 Å². The molecular formula is C11H14N6O2. The van der Waals surface area contributed by atoms with Gasteiger partial charge in [0.1, 0.15) is 12.1 Å². The fourth-order valence-corrected chi connectivity index (χ4v) is 2.17. The number of rotatable bonds is 2. The molecule has 3 rings (SSSR count). The first-order chi connectivity index (χ1) is 9.15. The van der Waals surface area contributed by atoms with Gasteiger partial charge < -0.3 is 14.9 Å². The van der Waals surface area contributed by atoms with E-state index in [1.165, 1.54) is 6.33 Å². The molecule has 0 bridgehead atoms. The molecule has 0 unspecified atom stereocenters. The average Bonchev–Trinajstić information content (AvgIpc) is 2.86. The van der Waals surface area contributed by atoms with Crippen LogP contribution in [0.1, 0.15) is 10.5 Å². The predicted molar refractivity (Wildman–Crippen MR) is 67.5 cm³/mol. The van der Waals surface area contributed by atoms with Gasteiger partial charge in [-0.1, -0.05) is 0 Å². The molecule has 3 heterocycles. The van der Waals surface area contributed by atoms with E-state index in [1.54, 1.807) is 10.6 Å². The van der Waals surface area contributed by atoms with Crippen molar-refractivity contribution in [3.05, 3.63) is 18.1 Å². The Morgan fingerprint density at radius 2 is 2.05 bits per heavy atom. The SMILES string of the molecule is CN1CCN(c2cc(C(=O)O)nc3ncnn23)CC1. The van der Waals surface area contributed by atoms with E-state index in [1.807, 2.05) is 0 Å². The summed E-state index contributed by atoms with van der Waals surface area (Å²) in [6.45, 7) is 3.52. The molecule has 0 spiro atoms. The minimum absolute atomic E-state index is 0.00516. The van der Waals surface area contributed by atoms with Crippen LogP contribution in [0.2, 0.25) is 0 Å². The van der Waals surface area contributed by atoms with Crippen molar-refractivity contribution >= 4 is 17.6 Å². The molecule has 0 atom stereocenters. The van der Waals surface area contributed by atoms with E-state index in [9.17, 15) is 4.79 Å². The van der Waals surface area contributed by atoms with E-state index >= 15 is 0 Å². The van der Waals surface area contributed by atoms with Crippen LogP contribution in [0.3, 0.4) is 0 Å². The van der Waals surface area contributed by atoms with E-state index < -0.39 is 5.97 Å². The van der Waals surface area contributed by atoms with Crippen LogP contribution in [-0.4, -0.2) is 68.8 Å². The molecule has 1 fully saturated rings. The first-order valence-corrected chi connectivity index (χ1v) is 6.03. The smallest absolute Gasteiger partial charge is 0.354 e. The molecule has 0 aromatic carbocycles. The molecule has 1 aliphatic rings. The summed E-state index contributed by atoms with van der Waals surface area (Å²) in [5.41, 5.74) is -0.00516. The van der Waals surface area contributed by atoms with Gasteiger partial charge in [-0.15, -0.1) is 0 Å². The summed E-state index contributed by atoms with van der Waals surface area (Å²) >= 11 is 0. The highest BCUT2D eigenvalue weighted by Gasteiger charge is 2.20. The number of carboxylic acid groups (broad SMARTS) is 1. The lowest BCUT2D eigenvalue weighted by atomic mass is 10.3. The fraction of sp³-hybridized carbons (Fsp3) is 0.455. The van der Waals surface area contributed by atoms with Gasteiger partial charge in [0.05, 0.1) is 0 Å². The van der Waals surface area contributed by atoms with Crippen molar-refractivity contribution in [2.45, 2.75) is 0 Å². The molecule has 2 aromatic heterocycles. The van der Waals surface area contributed by atoms with Gasteiger partial charge in [0.2, 0.25) is 0 Å². The third-order valence-corrected chi connectivity index (χ3v) is 3.28. The number of aromatic nitrogens is 4. The van der Waals surface area contributed by atoms with Crippen LogP contribution in [0.15, 0.2) is 12.4 Å². The van der Waals surface area contributed by atoms with Gasteiger partial charge in [-0.3, -0.25) is 0 Å². The van der Waals surface area contributed by atoms with Gasteiger partial charge in [0.15, 0.2) is 5.69 Å². The van der Waals surface area contributed by atoms with Crippen molar-refractivity contribution in [3.8, 4) is 0 Å². The summed E-state index contributed by atoms with van der Waals surface area (Å²) < 4.78 is 1.58. The zero-order valence-electron chi connectivity index (χ0n) is 10.5. The van der Waals surface area contributed by atoms with Crippen LogP contribution in [0.25, 0.3) is 5.78 Å². The number of aromatic carboxylic acids is 1.